The summed E-state index contributed by atoms with van der Waals surface area (Å²) in [5.74, 6) is -3.35. The van der Waals surface area contributed by atoms with Gasteiger partial charge in [0.1, 0.15) is 0 Å². The van der Waals surface area contributed by atoms with E-state index in [0.29, 0.717) is 11.4 Å². The van der Waals surface area contributed by atoms with Crippen LogP contribution in [0.2, 0.25) is 0 Å². The third-order valence-electron chi connectivity index (χ3n) is 6.83. The molecule has 0 atom stereocenters. The Labute approximate surface area is 217 Å². The zero-order valence-corrected chi connectivity index (χ0v) is 20.4. The Morgan fingerprint density at radius 3 is 1.79 bits per heavy atom. The molecule has 38 heavy (non-hydrogen) atoms. The van der Waals surface area contributed by atoms with Crippen molar-refractivity contribution in [3.05, 3.63) is 54.1 Å². The summed E-state index contributed by atoms with van der Waals surface area (Å²) in [6.07, 6.45) is 2.96. The number of fused-ring (bicyclic) bond motifs is 1. The molecule has 3 aliphatic rings. The van der Waals surface area contributed by atoms with E-state index in [2.05, 4.69) is 10.6 Å². The van der Waals surface area contributed by atoms with Gasteiger partial charge in [-0.25, -0.2) is 9.59 Å². The summed E-state index contributed by atoms with van der Waals surface area (Å²) in [7, 11) is 0. The topological polar surface area (TPSA) is 153 Å². The molecular formula is C27H26N4O7. The average molecular weight is 519 g/mol. The number of hydrogen-bond acceptors (Lipinski definition) is 6. The predicted molar refractivity (Wildman–Crippen MR) is 136 cm³/mol. The van der Waals surface area contributed by atoms with Crippen LogP contribution < -0.4 is 20.4 Å². The van der Waals surface area contributed by atoms with Gasteiger partial charge in [-0.1, -0.05) is 18.2 Å². The quantitative estimate of drug-likeness (QED) is 0.430. The van der Waals surface area contributed by atoms with Gasteiger partial charge in [0.2, 0.25) is 0 Å². The van der Waals surface area contributed by atoms with Crippen LogP contribution in [-0.4, -0.2) is 59.6 Å². The van der Waals surface area contributed by atoms with Crippen molar-refractivity contribution in [2.75, 3.05) is 28.2 Å². The normalized spacial score (nSPS) is 17.5. The first-order valence-electron chi connectivity index (χ1n) is 12.4. The highest BCUT2D eigenvalue weighted by atomic mass is 16.4. The second-order valence-corrected chi connectivity index (χ2v) is 9.74. The van der Waals surface area contributed by atoms with E-state index in [1.807, 2.05) is 0 Å². The second kappa shape index (κ2) is 10.1. The van der Waals surface area contributed by atoms with Crippen LogP contribution in [-0.2, 0) is 19.2 Å². The fourth-order valence-electron chi connectivity index (χ4n) is 4.43. The summed E-state index contributed by atoms with van der Waals surface area (Å²) >= 11 is 0. The summed E-state index contributed by atoms with van der Waals surface area (Å²) in [4.78, 5) is 79.5. The predicted octanol–water partition coefficient (Wildman–Crippen LogP) is 2.21. The number of para-hydroxylation sites is 2. The Hall–Kier alpha value is -4.54. The van der Waals surface area contributed by atoms with Gasteiger partial charge < -0.3 is 25.5 Å². The van der Waals surface area contributed by atoms with E-state index in [-0.39, 0.29) is 47.7 Å². The van der Waals surface area contributed by atoms with Gasteiger partial charge in [0.05, 0.1) is 30.0 Å². The van der Waals surface area contributed by atoms with Gasteiger partial charge >= 0.3 is 12.0 Å². The van der Waals surface area contributed by atoms with Crippen molar-refractivity contribution in [3.8, 4) is 0 Å². The molecule has 2 aliphatic carbocycles. The molecule has 0 saturated heterocycles. The molecular weight excluding hydrogens is 492 g/mol. The SMILES string of the molecule is O=C(Nc1cccc(C(=O)O)c1)NC1C(=O)N(CC(=O)C2CC2)c2ccccc2N(CC(=O)C2CC2)C1=O. The number of hydrogen-bond donors (Lipinski definition) is 3. The fourth-order valence-corrected chi connectivity index (χ4v) is 4.43. The molecule has 5 rings (SSSR count). The maximum Gasteiger partial charge on any atom is 0.335 e. The van der Waals surface area contributed by atoms with Crippen LogP contribution in [0.5, 0.6) is 0 Å². The number of Topliss-reactive ketones (excluding diaryl/α,β-unsaturated/α-hetero) is 2. The first-order valence-corrected chi connectivity index (χ1v) is 12.4. The van der Waals surface area contributed by atoms with Gasteiger partial charge in [0.25, 0.3) is 11.8 Å². The Kier molecular flexibility index (Phi) is 6.66. The number of benzene rings is 2. The van der Waals surface area contributed by atoms with Crippen molar-refractivity contribution in [2.24, 2.45) is 11.8 Å². The lowest BCUT2D eigenvalue weighted by molar-refractivity contribution is -0.131. The molecule has 11 nitrogen and oxygen atoms in total. The number of nitrogens with one attached hydrogen (secondary N) is 2. The number of ketones is 2. The molecule has 2 saturated carbocycles. The largest absolute Gasteiger partial charge is 0.478 e. The minimum Gasteiger partial charge on any atom is -0.478 e. The molecule has 0 bridgehead atoms. The van der Waals surface area contributed by atoms with Crippen molar-refractivity contribution in [3.63, 3.8) is 0 Å². The highest BCUT2D eigenvalue weighted by Crippen LogP contribution is 2.37. The third kappa shape index (κ3) is 5.26. The number of carbonyl (C=O) groups excluding carboxylic acids is 5. The van der Waals surface area contributed by atoms with E-state index >= 15 is 0 Å². The van der Waals surface area contributed by atoms with E-state index in [1.54, 1.807) is 24.3 Å². The Morgan fingerprint density at radius 1 is 0.789 bits per heavy atom. The fraction of sp³-hybridized carbons (Fsp3) is 0.333. The number of rotatable bonds is 9. The molecule has 3 N–H and O–H groups in total. The molecule has 0 unspecified atom stereocenters. The number of amides is 4. The number of carbonyl (C=O) groups is 6. The Morgan fingerprint density at radius 2 is 1.32 bits per heavy atom. The number of aromatic carboxylic acids is 1. The van der Waals surface area contributed by atoms with Crippen LogP contribution in [0, 0.1) is 11.8 Å². The molecule has 2 aromatic carbocycles. The van der Waals surface area contributed by atoms with Gasteiger partial charge in [0.15, 0.2) is 17.6 Å². The highest BCUT2D eigenvalue weighted by Gasteiger charge is 2.44. The van der Waals surface area contributed by atoms with Crippen LogP contribution >= 0.6 is 0 Å². The summed E-state index contributed by atoms with van der Waals surface area (Å²) in [6, 6.07) is 9.39. The standard InChI is InChI=1S/C27H26N4O7/c32-21(15-8-9-15)13-30-19-6-1-2-7-20(19)31(14-22(33)16-10-11-16)25(35)23(24(30)34)29-27(38)28-18-5-3-4-17(12-18)26(36)37/h1-7,12,15-16,23H,8-11,13-14H2,(H,36,37)(H2,28,29,38). The summed E-state index contributed by atoms with van der Waals surface area (Å²) < 4.78 is 0. The van der Waals surface area contributed by atoms with E-state index < -0.39 is 29.9 Å². The second-order valence-electron chi connectivity index (χ2n) is 9.74. The lowest BCUT2D eigenvalue weighted by atomic mass is 10.2. The minimum atomic E-state index is -1.72. The Bertz CT molecular complexity index is 1280. The van der Waals surface area contributed by atoms with Crippen LogP contribution in [0.4, 0.5) is 21.9 Å². The van der Waals surface area contributed by atoms with Crippen LogP contribution in [0.3, 0.4) is 0 Å². The first kappa shape index (κ1) is 25.1. The number of nitrogens with zero attached hydrogens (tertiary/aromatic N) is 2. The first-order chi connectivity index (χ1) is 18.2. The van der Waals surface area contributed by atoms with E-state index in [0.717, 1.165) is 25.7 Å². The zero-order chi connectivity index (χ0) is 27.0. The Balaban J connectivity index is 1.46. The maximum atomic E-state index is 13.7. The maximum absolute atomic E-state index is 13.7. The molecule has 2 fully saturated rings. The molecule has 4 amide bonds. The van der Waals surface area contributed by atoms with Crippen molar-refractivity contribution in [1.82, 2.24) is 5.32 Å². The van der Waals surface area contributed by atoms with Crippen molar-refractivity contribution in [1.29, 1.82) is 0 Å². The van der Waals surface area contributed by atoms with E-state index in [1.165, 1.54) is 34.1 Å². The molecule has 1 aliphatic heterocycles. The van der Waals surface area contributed by atoms with Gasteiger partial charge in [-0.2, -0.15) is 0 Å². The average Bonchev–Trinajstić information content (AvgIpc) is 3.80. The lowest BCUT2D eigenvalue weighted by Gasteiger charge is -2.24. The van der Waals surface area contributed by atoms with Gasteiger partial charge in [-0.3, -0.25) is 19.2 Å². The number of anilines is 3. The smallest absolute Gasteiger partial charge is 0.335 e. The number of urea groups is 1. The van der Waals surface area contributed by atoms with Crippen LogP contribution in [0.1, 0.15) is 36.0 Å². The molecule has 0 aromatic heterocycles. The summed E-state index contributed by atoms with van der Waals surface area (Å²) in [5, 5.41) is 14.0. The van der Waals surface area contributed by atoms with Crippen molar-refractivity contribution < 1.29 is 33.9 Å². The van der Waals surface area contributed by atoms with Gasteiger partial charge in [-0.05, 0) is 56.0 Å². The molecule has 196 valence electrons. The van der Waals surface area contributed by atoms with Gasteiger partial charge in [-0.15, -0.1) is 0 Å². The number of carboxylic acids is 1. The van der Waals surface area contributed by atoms with E-state index in [4.69, 9.17) is 0 Å². The van der Waals surface area contributed by atoms with Crippen LogP contribution in [0.15, 0.2) is 48.5 Å². The number of carboxylic acid groups (broad SMARTS) is 1. The van der Waals surface area contributed by atoms with E-state index in [9.17, 15) is 33.9 Å². The third-order valence-corrected chi connectivity index (χ3v) is 6.83. The molecule has 2 aromatic rings. The lowest BCUT2D eigenvalue weighted by Crippen LogP contribution is -2.57. The monoisotopic (exact) mass is 518 g/mol. The molecule has 1 heterocycles. The highest BCUT2D eigenvalue weighted by molar-refractivity contribution is 6.23. The van der Waals surface area contributed by atoms with Crippen molar-refractivity contribution >= 4 is 52.4 Å². The summed E-state index contributed by atoms with van der Waals surface area (Å²) in [6.45, 7) is -0.530. The van der Waals surface area contributed by atoms with Crippen molar-refractivity contribution in [2.45, 2.75) is 31.7 Å². The molecule has 0 spiro atoms. The van der Waals surface area contributed by atoms with Gasteiger partial charge in [0, 0.05) is 17.5 Å². The molecule has 11 heteroatoms. The molecule has 0 radical (unpaired) electrons. The summed E-state index contributed by atoms with van der Waals surface area (Å²) in [5.41, 5.74) is 0.694. The van der Waals surface area contributed by atoms with Crippen LogP contribution in [0.25, 0.3) is 0 Å². The minimum absolute atomic E-state index is 0.0607. The zero-order valence-electron chi connectivity index (χ0n) is 20.4.